The molecule has 0 saturated carbocycles. The van der Waals surface area contributed by atoms with Gasteiger partial charge in [0.05, 0.1) is 0 Å². The summed E-state index contributed by atoms with van der Waals surface area (Å²) < 4.78 is 5.30. The Bertz CT molecular complexity index is 336. The molecule has 106 valence electrons. The molecule has 1 aliphatic rings. The normalized spacial score (nSPS) is 18.4. The second-order valence-corrected chi connectivity index (χ2v) is 5.29. The summed E-state index contributed by atoms with van der Waals surface area (Å²) >= 11 is 0. The van der Waals surface area contributed by atoms with Crippen molar-refractivity contribution >= 4 is 0 Å². The van der Waals surface area contributed by atoms with Crippen molar-refractivity contribution in [3.63, 3.8) is 0 Å². The number of benzene rings is 1. The summed E-state index contributed by atoms with van der Waals surface area (Å²) in [6, 6.07) is 10.6. The number of nitrogens with one attached hydrogen (secondary N) is 1. The van der Waals surface area contributed by atoms with Crippen molar-refractivity contribution in [2.75, 3.05) is 19.8 Å². The molecular formula is C16H25NO2. The first kappa shape index (κ1) is 14.5. The summed E-state index contributed by atoms with van der Waals surface area (Å²) in [6.07, 6.45) is 4.97. The molecule has 2 rings (SSSR count). The molecule has 1 aromatic carbocycles. The summed E-state index contributed by atoms with van der Waals surface area (Å²) in [4.78, 5) is 0. The zero-order chi connectivity index (χ0) is 13.3. The number of ether oxygens (including phenoxy) is 1. The van der Waals surface area contributed by atoms with Gasteiger partial charge in [0, 0.05) is 19.1 Å². The second-order valence-electron chi connectivity index (χ2n) is 5.29. The van der Waals surface area contributed by atoms with Gasteiger partial charge in [-0.15, -0.1) is 0 Å². The Morgan fingerprint density at radius 1 is 1.16 bits per heavy atom. The summed E-state index contributed by atoms with van der Waals surface area (Å²) in [5.74, 6) is 0.364. The maximum Gasteiger partial charge on any atom is 0.107 e. The number of aliphatic hydroxyl groups excluding tert-OH is 1. The van der Waals surface area contributed by atoms with Crippen LogP contribution in [0.15, 0.2) is 30.3 Å². The monoisotopic (exact) mass is 263 g/mol. The van der Waals surface area contributed by atoms with E-state index in [2.05, 4.69) is 35.6 Å². The molecule has 1 heterocycles. The molecule has 19 heavy (non-hydrogen) atoms. The van der Waals surface area contributed by atoms with Gasteiger partial charge in [-0.3, -0.25) is 5.32 Å². The second kappa shape index (κ2) is 8.31. The third kappa shape index (κ3) is 5.31. The van der Waals surface area contributed by atoms with Gasteiger partial charge in [-0.25, -0.2) is 0 Å². The lowest BCUT2D eigenvalue weighted by Crippen LogP contribution is -2.39. The van der Waals surface area contributed by atoms with E-state index in [1.807, 2.05) is 0 Å². The zero-order valence-corrected chi connectivity index (χ0v) is 11.6. The topological polar surface area (TPSA) is 41.5 Å². The van der Waals surface area contributed by atoms with Gasteiger partial charge < -0.3 is 9.84 Å². The Morgan fingerprint density at radius 2 is 1.89 bits per heavy atom. The number of hydrogen-bond donors (Lipinski definition) is 2. The van der Waals surface area contributed by atoms with Gasteiger partial charge in [0.1, 0.15) is 6.23 Å². The maximum atomic E-state index is 10.0. The van der Waals surface area contributed by atoms with Gasteiger partial charge in [-0.2, -0.15) is 0 Å². The first-order valence-corrected chi connectivity index (χ1v) is 7.39. The van der Waals surface area contributed by atoms with Gasteiger partial charge in [0.25, 0.3) is 0 Å². The van der Waals surface area contributed by atoms with Crippen molar-refractivity contribution in [1.29, 1.82) is 0 Å². The van der Waals surface area contributed by atoms with Crippen LogP contribution in [0.1, 0.15) is 31.2 Å². The number of rotatable bonds is 7. The predicted molar refractivity (Wildman–Crippen MR) is 76.9 cm³/mol. The average molecular weight is 263 g/mol. The minimum absolute atomic E-state index is 0.361. The molecule has 1 aromatic rings. The molecule has 2 N–H and O–H groups in total. The summed E-state index contributed by atoms with van der Waals surface area (Å²) in [6.45, 7) is 2.47. The molecule has 0 spiro atoms. The van der Waals surface area contributed by atoms with E-state index in [1.54, 1.807) is 0 Å². The standard InChI is InChI=1S/C16H25NO2/c18-16(15-9-12-19-13-10-15)17-11-5-4-8-14-6-2-1-3-7-14/h1-3,6-7,15-18H,4-5,8-13H2. The van der Waals surface area contributed by atoms with Crippen molar-refractivity contribution in [3.8, 4) is 0 Å². The molecule has 0 radical (unpaired) electrons. The Kier molecular flexibility index (Phi) is 6.34. The Hall–Kier alpha value is -0.900. The number of hydrogen-bond acceptors (Lipinski definition) is 3. The molecule has 1 fully saturated rings. The summed E-state index contributed by atoms with van der Waals surface area (Å²) in [5, 5.41) is 13.3. The van der Waals surface area contributed by atoms with Crippen LogP contribution >= 0.6 is 0 Å². The summed E-state index contributed by atoms with van der Waals surface area (Å²) in [5.41, 5.74) is 1.40. The quantitative estimate of drug-likeness (QED) is 0.586. The van der Waals surface area contributed by atoms with E-state index in [1.165, 1.54) is 5.56 Å². The van der Waals surface area contributed by atoms with E-state index in [4.69, 9.17) is 4.74 Å². The molecule has 0 bridgehead atoms. The van der Waals surface area contributed by atoms with E-state index in [0.29, 0.717) is 5.92 Å². The lowest BCUT2D eigenvalue weighted by molar-refractivity contribution is -0.00587. The Labute approximate surface area is 116 Å². The molecular weight excluding hydrogens is 238 g/mol. The van der Waals surface area contributed by atoms with Gasteiger partial charge in [0.15, 0.2) is 0 Å². The molecule has 0 aromatic heterocycles. The van der Waals surface area contributed by atoms with Crippen molar-refractivity contribution in [2.45, 2.75) is 38.3 Å². The predicted octanol–water partition coefficient (Wildman–Crippen LogP) is 2.34. The first-order chi connectivity index (χ1) is 9.36. The van der Waals surface area contributed by atoms with Crippen LogP contribution in [0.3, 0.4) is 0 Å². The van der Waals surface area contributed by atoms with E-state index >= 15 is 0 Å². The Balaban J connectivity index is 1.54. The van der Waals surface area contributed by atoms with Gasteiger partial charge in [-0.1, -0.05) is 30.3 Å². The fraction of sp³-hybridized carbons (Fsp3) is 0.625. The SMILES string of the molecule is OC(NCCCCc1ccccc1)C1CCOCC1. The highest BCUT2D eigenvalue weighted by molar-refractivity contribution is 5.14. The molecule has 3 heteroatoms. The van der Waals surface area contributed by atoms with E-state index in [-0.39, 0.29) is 6.23 Å². The van der Waals surface area contributed by atoms with E-state index in [0.717, 1.165) is 51.9 Å². The fourth-order valence-corrected chi connectivity index (χ4v) is 2.55. The molecule has 1 aliphatic heterocycles. The molecule has 3 nitrogen and oxygen atoms in total. The first-order valence-electron chi connectivity index (χ1n) is 7.39. The number of unbranched alkanes of at least 4 members (excludes halogenated alkanes) is 1. The minimum atomic E-state index is -0.361. The van der Waals surface area contributed by atoms with Crippen molar-refractivity contribution in [3.05, 3.63) is 35.9 Å². The van der Waals surface area contributed by atoms with Crippen LogP contribution in [0.4, 0.5) is 0 Å². The number of aliphatic hydroxyl groups is 1. The average Bonchev–Trinajstić information content (AvgIpc) is 2.49. The van der Waals surface area contributed by atoms with Crippen LogP contribution in [-0.2, 0) is 11.2 Å². The van der Waals surface area contributed by atoms with Gasteiger partial charge in [-0.05, 0) is 44.2 Å². The molecule has 0 aliphatic carbocycles. The maximum absolute atomic E-state index is 10.0. The molecule has 1 saturated heterocycles. The van der Waals surface area contributed by atoms with Crippen LogP contribution < -0.4 is 5.32 Å². The third-order valence-electron chi connectivity index (χ3n) is 3.80. The van der Waals surface area contributed by atoms with Crippen LogP contribution in [0.5, 0.6) is 0 Å². The highest BCUT2D eigenvalue weighted by atomic mass is 16.5. The summed E-state index contributed by atoms with van der Waals surface area (Å²) in [7, 11) is 0. The van der Waals surface area contributed by atoms with E-state index in [9.17, 15) is 5.11 Å². The van der Waals surface area contributed by atoms with Gasteiger partial charge in [0.2, 0.25) is 0 Å². The van der Waals surface area contributed by atoms with Crippen LogP contribution in [-0.4, -0.2) is 31.1 Å². The van der Waals surface area contributed by atoms with Crippen LogP contribution in [0.2, 0.25) is 0 Å². The minimum Gasteiger partial charge on any atom is -0.381 e. The largest absolute Gasteiger partial charge is 0.381 e. The lowest BCUT2D eigenvalue weighted by Gasteiger charge is -2.27. The van der Waals surface area contributed by atoms with Gasteiger partial charge >= 0.3 is 0 Å². The fourth-order valence-electron chi connectivity index (χ4n) is 2.55. The molecule has 0 amide bonds. The molecule has 1 unspecified atom stereocenters. The van der Waals surface area contributed by atoms with Crippen molar-refractivity contribution < 1.29 is 9.84 Å². The van der Waals surface area contributed by atoms with Crippen LogP contribution in [0.25, 0.3) is 0 Å². The van der Waals surface area contributed by atoms with E-state index < -0.39 is 0 Å². The smallest absolute Gasteiger partial charge is 0.107 e. The highest BCUT2D eigenvalue weighted by Gasteiger charge is 2.21. The Morgan fingerprint density at radius 3 is 2.63 bits per heavy atom. The number of aryl methyl sites for hydroxylation is 1. The van der Waals surface area contributed by atoms with Crippen molar-refractivity contribution in [2.24, 2.45) is 5.92 Å². The van der Waals surface area contributed by atoms with Crippen LogP contribution in [0, 0.1) is 5.92 Å². The molecule has 1 atom stereocenters. The van der Waals surface area contributed by atoms with Crippen molar-refractivity contribution in [1.82, 2.24) is 5.32 Å². The third-order valence-corrected chi connectivity index (χ3v) is 3.80. The highest BCUT2D eigenvalue weighted by Crippen LogP contribution is 2.17. The lowest BCUT2D eigenvalue weighted by atomic mass is 9.98. The zero-order valence-electron chi connectivity index (χ0n) is 11.6.